The molecule has 94 valence electrons. The summed E-state index contributed by atoms with van der Waals surface area (Å²) >= 11 is 3.01. The molecule has 0 aromatic heterocycles. The van der Waals surface area contributed by atoms with Gasteiger partial charge in [0.2, 0.25) is 5.82 Å². The van der Waals surface area contributed by atoms with Crippen molar-refractivity contribution in [1.29, 1.82) is 0 Å². The molecular weight excluding hydrogens is 298 g/mol. The molecule has 0 unspecified atom stereocenters. The minimum absolute atomic E-state index is 0.312. The highest BCUT2D eigenvalue weighted by molar-refractivity contribution is 9.10. The van der Waals surface area contributed by atoms with Gasteiger partial charge in [0.25, 0.3) is 0 Å². The first-order chi connectivity index (χ1) is 7.77. The van der Waals surface area contributed by atoms with Gasteiger partial charge in [-0.1, -0.05) is 15.9 Å². The Hall–Kier alpha value is -1.17. The van der Waals surface area contributed by atoms with Crippen LogP contribution < -0.4 is 4.74 Å². The van der Waals surface area contributed by atoms with E-state index in [1.54, 1.807) is 0 Å². The van der Waals surface area contributed by atoms with Crippen molar-refractivity contribution in [3.05, 3.63) is 28.2 Å². The molecule has 1 aromatic rings. The summed E-state index contributed by atoms with van der Waals surface area (Å²) < 4.78 is 36.4. The van der Waals surface area contributed by atoms with Gasteiger partial charge in [-0.25, -0.2) is 9.18 Å². The topological polar surface area (TPSA) is 35.5 Å². The lowest BCUT2D eigenvalue weighted by molar-refractivity contribution is -0.156. The molecule has 0 N–H and O–H groups in total. The molecule has 1 rings (SSSR count). The summed E-state index contributed by atoms with van der Waals surface area (Å²) in [5.74, 6) is -3.25. The van der Waals surface area contributed by atoms with Gasteiger partial charge in [-0.2, -0.15) is 4.39 Å². The first-order valence-corrected chi connectivity index (χ1v) is 5.49. The first kappa shape index (κ1) is 13.9. The highest BCUT2D eigenvalue weighted by atomic mass is 79.9. The largest absolute Gasteiger partial charge is 0.473 e. The predicted molar refractivity (Wildman–Crippen MR) is 60.8 cm³/mol. The Kier molecular flexibility index (Phi) is 4.08. The summed E-state index contributed by atoms with van der Waals surface area (Å²) in [6.45, 7) is 2.80. The third-order valence-electron chi connectivity index (χ3n) is 2.00. The van der Waals surface area contributed by atoms with Gasteiger partial charge >= 0.3 is 5.97 Å². The number of rotatable bonds is 3. The molecule has 0 heterocycles. The Labute approximate surface area is 106 Å². The van der Waals surface area contributed by atoms with Gasteiger partial charge in [0.05, 0.1) is 7.11 Å². The fourth-order valence-corrected chi connectivity index (χ4v) is 1.58. The van der Waals surface area contributed by atoms with E-state index in [2.05, 4.69) is 20.7 Å². The molecule has 0 bridgehead atoms. The molecule has 6 heteroatoms. The van der Waals surface area contributed by atoms with Gasteiger partial charge in [-0.15, -0.1) is 0 Å². The molecule has 0 spiro atoms. The molecule has 0 aliphatic rings. The molecule has 3 nitrogen and oxygen atoms in total. The standard InChI is InChI=1S/C11H11BrF2O3/c1-11(2,10(15)16-3)17-8-5-6(12)4-7(13)9(8)14/h4-5H,1-3H3. The Morgan fingerprint density at radius 2 is 1.94 bits per heavy atom. The third kappa shape index (κ3) is 3.15. The SMILES string of the molecule is COC(=O)C(C)(C)Oc1cc(Br)cc(F)c1F. The molecule has 0 aliphatic heterocycles. The zero-order valence-electron chi connectivity index (χ0n) is 9.51. The summed E-state index contributed by atoms with van der Waals surface area (Å²) in [6.07, 6.45) is 0. The summed E-state index contributed by atoms with van der Waals surface area (Å²) in [6, 6.07) is 2.20. The normalized spacial score (nSPS) is 11.2. The Morgan fingerprint density at radius 3 is 2.47 bits per heavy atom. The third-order valence-corrected chi connectivity index (χ3v) is 2.46. The van der Waals surface area contributed by atoms with Crippen LogP contribution in [0.3, 0.4) is 0 Å². The second-order valence-electron chi connectivity index (χ2n) is 3.80. The molecule has 0 saturated heterocycles. The van der Waals surface area contributed by atoms with Crippen molar-refractivity contribution in [2.75, 3.05) is 7.11 Å². The fraction of sp³-hybridized carbons (Fsp3) is 0.364. The van der Waals surface area contributed by atoms with Crippen molar-refractivity contribution < 1.29 is 23.0 Å². The maximum absolute atomic E-state index is 13.4. The second kappa shape index (κ2) is 5.00. The van der Waals surface area contributed by atoms with E-state index >= 15 is 0 Å². The molecule has 0 amide bonds. The van der Waals surface area contributed by atoms with Crippen molar-refractivity contribution in [2.24, 2.45) is 0 Å². The number of halogens is 3. The summed E-state index contributed by atoms with van der Waals surface area (Å²) in [5.41, 5.74) is -1.40. The van der Waals surface area contributed by atoms with E-state index in [-0.39, 0.29) is 5.75 Å². The van der Waals surface area contributed by atoms with Crippen LogP contribution >= 0.6 is 15.9 Å². The van der Waals surface area contributed by atoms with E-state index in [0.29, 0.717) is 4.47 Å². The number of benzene rings is 1. The van der Waals surface area contributed by atoms with Gasteiger partial charge in [-0.05, 0) is 26.0 Å². The fourth-order valence-electron chi connectivity index (χ4n) is 1.17. The van der Waals surface area contributed by atoms with E-state index < -0.39 is 23.2 Å². The quantitative estimate of drug-likeness (QED) is 0.636. The molecular formula is C11H11BrF2O3. The van der Waals surface area contributed by atoms with Gasteiger partial charge in [0.15, 0.2) is 17.2 Å². The van der Waals surface area contributed by atoms with E-state index in [0.717, 1.165) is 6.07 Å². The second-order valence-corrected chi connectivity index (χ2v) is 4.72. The van der Waals surface area contributed by atoms with Crippen LogP contribution in [0.4, 0.5) is 8.78 Å². The molecule has 0 atom stereocenters. The number of carbonyl (C=O) groups excluding carboxylic acids is 1. The van der Waals surface area contributed by atoms with Crippen LogP contribution in [-0.2, 0) is 9.53 Å². The number of esters is 1. The lowest BCUT2D eigenvalue weighted by atomic mass is 10.1. The molecule has 0 fully saturated rings. The van der Waals surface area contributed by atoms with Crippen molar-refractivity contribution in [1.82, 2.24) is 0 Å². The Morgan fingerprint density at radius 1 is 1.35 bits per heavy atom. The van der Waals surface area contributed by atoms with Crippen molar-refractivity contribution in [3.63, 3.8) is 0 Å². The molecule has 0 radical (unpaired) electrons. The first-order valence-electron chi connectivity index (χ1n) is 4.70. The van der Waals surface area contributed by atoms with Gasteiger partial charge in [0, 0.05) is 4.47 Å². The van der Waals surface area contributed by atoms with Crippen LogP contribution in [0.5, 0.6) is 5.75 Å². The number of hydrogen-bond donors (Lipinski definition) is 0. The van der Waals surface area contributed by atoms with Crippen LogP contribution in [0, 0.1) is 11.6 Å². The summed E-state index contributed by atoms with van der Waals surface area (Å²) in [7, 11) is 1.19. The van der Waals surface area contributed by atoms with E-state index in [4.69, 9.17) is 4.74 Å². The average Bonchev–Trinajstić information content (AvgIpc) is 2.23. The van der Waals surface area contributed by atoms with Crippen molar-refractivity contribution in [3.8, 4) is 5.75 Å². The number of ether oxygens (including phenoxy) is 2. The lowest BCUT2D eigenvalue weighted by Crippen LogP contribution is -2.39. The number of hydrogen-bond acceptors (Lipinski definition) is 3. The monoisotopic (exact) mass is 308 g/mol. The maximum Gasteiger partial charge on any atom is 0.349 e. The van der Waals surface area contributed by atoms with Crippen molar-refractivity contribution >= 4 is 21.9 Å². The van der Waals surface area contributed by atoms with Gasteiger partial charge < -0.3 is 9.47 Å². The predicted octanol–water partition coefficient (Wildman–Crippen LogP) is 3.06. The smallest absolute Gasteiger partial charge is 0.349 e. The van der Waals surface area contributed by atoms with Crippen LogP contribution in [0.15, 0.2) is 16.6 Å². The zero-order chi connectivity index (χ0) is 13.2. The summed E-state index contributed by atoms with van der Waals surface area (Å²) in [5, 5.41) is 0. The number of carbonyl (C=O) groups is 1. The summed E-state index contributed by atoms with van der Waals surface area (Å²) in [4.78, 5) is 11.3. The van der Waals surface area contributed by atoms with Crippen molar-refractivity contribution in [2.45, 2.75) is 19.4 Å². The van der Waals surface area contributed by atoms with Crippen LogP contribution in [0.25, 0.3) is 0 Å². The molecule has 0 saturated carbocycles. The maximum atomic E-state index is 13.4. The minimum atomic E-state index is -1.40. The zero-order valence-corrected chi connectivity index (χ0v) is 11.1. The lowest BCUT2D eigenvalue weighted by Gasteiger charge is -2.23. The average molecular weight is 309 g/mol. The Bertz CT molecular complexity index is 447. The van der Waals surface area contributed by atoms with Crippen LogP contribution in [-0.4, -0.2) is 18.7 Å². The highest BCUT2D eigenvalue weighted by Gasteiger charge is 2.32. The van der Waals surface area contributed by atoms with Crippen LogP contribution in [0.1, 0.15) is 13.8 Å². The van der Waals surface area contributed by atoms with E-state index in [1.807, 2.05) is 0 Å². The molecule has 1 aromatic carbocycles. The van der Waals surface area contributed by atoms with E-state index in [1.165, 1.54) is 27.0 Å². The molecule has 0 aliphatic carbocycles. The van der Waals surface area contributed by atoms with Gasteiger partial charge in [-0.3, -0.25) is 0 Å². The minimum Gasteiger partial charge on any atom is -0.473 e. The van der Waals surface area contributed by atoms with E-state index in [9.17, 15) is 13.6 Å². The van der Waals surface area contributed by atoms with Gasteiger partial charge in [0.1, 0.15) is 0 Å². The number of methoxy groups -OCH3 is 1. The van der Waals surface area contributed by atoms with Crippen LogP contribution in [0.2, 0.25) is 0 Å². The Balaban J connectivity index is 3.07. The molecule has 17 heavy (non-hydrogen) atoms. The highest BCUT2D eigenvalue weighted by Crippen LogP contribution is 2.28.